The van der Waals surface area contributed by atoms with E-state index in [4.69, 9.17) is 4.42 Å². The monoisotopic (exact) mass is 253 g/mol. The molecular weight excluding hydrogens is 238 g/mol. The van der Waals surface area contributed by atoms with Gasteiger partial charge in [-0.25, -0.2) is 0 Å². The zero-order valence-electron chi connectivity index (χ0n) is 11.2. The molecule has 0 radical (unpaired) electrons. The van der Waals surface area contributed by atoms with E-state index >= 15 is 0 Å². The summed E-state index contributed by atoms with van der Waals surface area (Å²) in [6, 6.07) is 9.44. The molecule has 19 heavy (non-hydrogen) atoms. The maximum atomic E-state index is 12.3. The van der Waals surface area contributed by atoms with Gasteiger partial charge in [0.25, 0.3) is 0 Å². The molecule has 2 rings (SSSR count). The first-order valence-corrected chi connectivity index (χ1v) is 6.09. The molecule has 0 saturated carbocycles. The van der Waals surface area contributed by atoms with Crippen molar-refractivity contribution in [3.8, 4) is 6.07 Å². The Hall–Kier alpha value is -2.34. The van der Waals surface area contributed by atoms with Gasteiger partial charge in [0.15, 0.2) is 5.76 Å². The summed E-state index contributed by atoms with van der Waals surface area (Å²) in [4.78, 5) is 12.3. The summed E-state index contributed by atoms with van der Waals surface area (Å²) < 4.78 is 5.18. The van der Waals surface area contributed by atoms with E-state index < -0.39 is 5.92 Å². The average molecular weight is 253 g/mol. The fourth-order valence-corrected chi connectivity index (χ4v) is 1.98. The minimum Gasteiger partial charge on any atom is -0.461 e. The molecule has 0 bridgehead atoms. The fourth-order valence-electron chi connectivity index (χ4n) is 1.98. The lowest BCUT2D eigenvalue weighted by Crippen LogP contribution is -2.11. The van der Waals surface area contributed by atoms with Crippen molar-refractivity contribution < 1.29 is 9.21 Å². The van der Waals surface area contributed by atoms with Crippen LogP contribution in [0, 0.1) is 32.1 Å². The van der Waals surface area contributed by atoms with E-state index in [1.54, 1.807) is 13.0 Å². The number of hydrogen-bond acceptors (Lipinski definition) is 3. The first-order chi connectivity index (χ1) is 9.04. The summed E-state index contributed by atoms with van der Waals surface area (Å²) in [6.45, 7) is 5.76. The van der Waals surface area contributed by atoms with Gasteiger partial charge in [0.05, 0.1) is 12.3 Å². The van der Waals surface area contributed by atoms with Gasteiger partial charge in [-0.1, -0.05) is 18.2 Å². The average Bonchev–Trinajstić information content (AvgIpc) is 2.80. The van der Waals surface area contributed by atoms with Crippen LogP contribution in [0.25, 0.3) is 0 Å². The number of nitrogens with zero attached hydrogens (tertiary/aromatic N) is 1. The molecule has 0 spiro atoms. The molecular formula is C16H15NO2. The van der Waals surface area contributed by atoms with Crippen LogP contribution in [-0.2, 0) is 0 Å². The largest absolute Gasteiger partial charge is 0.461 e. The van der Waals surface area contributed by atoms with Gasteiger partial charge < -0.3 is 4.42 Å². The van der Waals surface area contributed by atoms with Crippen molar-refractivity contribution in [2.75, 3.05) is 0 Å². The highest BCUT2D eigenvalue weighted by atomic mass is 16.3. The lowest BCUT2D eigenvalue weighted by molar-refractivity contribution is 0.0951. The molecule has 1 heterocycles. The smallest absolute Gasteiger partial charge is 0.219 e. The van der Waals surface area contributed by atoms with Gasteiger partial charge in [-0.2, -0.15) is 5.26 Å². The first-order valence-electron chi connectivity index (χ1n) is 6.09. The number of carbonyl (C=O) groups excluding carboxylic acids is 1. The number of benzene rings is 1. The quantitative estimate of drug-likeness (QED) is 0.784. The molecule has 0 N–H and O–H groups in total. The van der Waals surface area contributed by atoms with E-state index in [1.165, 1.54) is 6.26 Å². The number of Topliss-reactive ketones (excluding diaryl/α,β-unsaturated/α-hetero) is 1. The second-order valence-corrected chi connectivity index (χ2v) is 4.70. The highest BCUT2D eigenvalue weighted by Crippen LogP contribution is 2.24. The molecule has 1 unspecified atom stereocenters. The number of ketones is 1. The van der Waals surface area contributed by atoms with E-state index in [1.807, 2.05) is 32.0 Å². The van der Waals surface area contributed by atoms with Crippen molar-refractivity contribution in [3.05, 3.63) is 58.5 Å². The van der Waals surface area contributed by atoms with E-state index in [9.17, 15) is 10.1 Å². The minimum atomic E-state index is -0.816. The molecule has 0 aliphatic carbocycles. The van der Waals surface area contributed by atoms with Gasteiger partial charge in [0.2, 0.25) is 5.78 Å². The third kappa shape index (κ3) is 2.43. The normalized spacial score (nSPS) is 11.9. The molecule has 1 aromatic carbocycles. The summed E-state index contributed by atoms with van der Waals surface area (Å²) in [5.74, 6) is -0.831. The Morgan fingerprint density at radius 1 is 1.16 bits per heavy atom. The third-order valence-electron chi connectivity index (χ3n) is 3.34. The number of nitriles is 1. The topological polar surface area (TPSA) is 54.0 Å². The molecule has 1 atom stereocenters. The van der Waals surface area contributed by atoms with Crippen LogP contribution >= 0.6 is 0 Å². The molecule has 0 amide bonds. The fraction of sp³-hybridized carbons (Fsp3) is 0.250. The van der Waals surface area contributed by atoms with Gasteiger partial charge in [0, 0.05) is 0 Å². The van der Waals surface area contributed by atoms with E-state index in [2.05, 4.69) is 6.07 Å². The molecule has 96 valence electrons. The molecule has 2 aromatic rings. The minimum absolute atomic E-state index is 0.268. The van der Waals surface area contributed by atoms with Crippen LogP contribution in [0.15, 0.2) is 34.9 Å². The van der Waals surface area contributed by atoms with Gasteiger partial charge in [-0.3, -0.25) is 4.79 Å². The predicted octanol–water partition coefficient (Wildman–Crippen LogP) is 3.69. The molecule has 3 heteroatoms. The van der Waals surface area contributed by atoms with Crippen LogP contribution in [0.3, 0.4) is 0 Å². The van der Waals surface area contributed by atoms with Gasteiger partial charge in [0.1, 0.15) is 5.92 Å². The van der Waals surface area contributed by atoms with Crippen molar-refractivity contribution in [2.45, 2.75) is 26.7 Å². The SMILES string of the molecule is Cc1ccc(C(C#N)C(=O)c2occc2C)cc1C. The van der Waals surface area contributed by atoms with Crippen LogP contribution in [0.2, 0.25) is 0 Å². The standard InChI is InChI=1S/C16H15NO2/c1-10-4-5-13(8-12(10)3)14(9-17)15(18)16-11(2)6-7-19-16/h4-8,14H,1-3H3. The summed E-state index contributed by atoms with van der Waals surface area (Å²) in [7, 11) is 0. The Morgan fingerprint density at radius 2 is 1.89 bits per heavy atom. The molecule has 0 saturated heterocycles. The number of rotatable bonds is 3. The number of furan rings is 1. The first kappa shape index (κ1) is 13.1. The summed E-state index contributed by atoms with van der Waals surface area (Å²) >= 11 is 0. The van der Waals surface area contributed by atoms with Crippen LogP contribution in [0.1, 0.15) is 38.7 Å². The lowest BCUT2D eigenvalue weighted by Gasteiger charge is -2.09. The molecule has 0 fully saturated rings. The van der Waals surface area contributed by atoms with E-state index in [-0.39, 0.29) is 11.5 Å². The maximum Gasteiger partial charge on any atom is 0.219 e. The molecule has 3 nitrogen and oxygen atoms in total. The van der Waals surface area contributed by atoms with E-state index in [0.717, 1.165) is 16.7 Å². The van der Waals surface area contributed by atoms with Crippen LogP contribution in [0.4, 0.5) is 0 Å². The molecule has 1 aromatic heterocycles. The van der Waals surface area contributed by atoms with Crippen molar-refractivity contribution in [3.63, 3.8) is 0 Å². The third-order valence-corrected chi connectivity index (χ3v) is 3.34. The van der Waals surface area contributed by atoms with Gasteiger partial charge in [-0.05, 0) is 49.1 Å². The zero-order valence-corrected chi connectivity index (χ0v) is 11.2. The van der Waals surface area contributed by atoms with Crippen molar-refractivity contribution in [2.24, 2.45) is 0 Å². The number of hydrogen-bond donors (Lipinski definition) is 0. The predicted molar refractivity (Wildman–Crippen MR) is 72.0 cm³/mol. The number of carbonyl (C=O) groups is 1. The lowest BCUT2D eigenvalue weighted by atomic mass is 9.91. The highest BCUT2D eigenvalue weighted by molar-refractivity contribution is 6.01. The summed E-state index contributed by atoms with van der Waals surface area (Å²) in [6.07, 6.45) is 1.47. The molecule has 0 aliphatic heterocycles. The van der Waals surface area contributed by atoms with Crippen LogP contribution < -0.4 is 0 Å². The van der Waals surface area contributed by atoms with Gasteiger partial charge in [-0.15, -0.1) is 0 Å². The Kier molecular flexibility index (Phi) is 3.52. The van der Waals surface area contributed by atoms with E-state index in [0.29, 0.717) is 5.56 Å². The van der Waals surface area contributed by atoms with Crippen LogP contribution in [0.5, 0.6) is 0 Å². The Balaban J connectivity index is 2.41. The number of aryl methyl sites for hydroxylation is 3. The van der Waals surface area contributed by atoms with Crippen LogP contribution in [-0.4, -0.2) is 5.78 Å². The second kappa shape index (κ2) is 5.11. The Bertz CT molecular complexity index is 662. The van der Waals surface area contributed by atoms with Crippen molar-refractivity contribution >= 4 is 5.78 Å². The van der Waals surface area contributed by atoms with Crippen molar-refractivity contribution in [1.29, 1.82) is 5.26 Å². The van der Waals surface area contributed by atoms with Gasteiger partial charge >= 0.3 is 0 Å². The maximum absolute atomic E-state index is 12.3. The zero-order chi connectivity index (χ0) is 14.0. The Labute approximate surface area is 112 Å². The summed E-state index contributed by atoms with van der Waals surface area (Å²) in [5, 5.41) is 9.29. The van der Waals surface area contributed by atoms with Crippen molar-refractivity contribution in [1.82, 2.24) is 0 Å². The Morgan fingerprint density at radius 3 is 2.42 bits per heavy atom. The molecule has 0 aliphatic rings. The summed E-state index contributed by atoms with van der Waals surface area (Å²) in [5.41, 5.74) is 3.68. The highest BCUT2D eigenvalue weighted by Gasteiger charge is 2.25. The second-order valence-electron chi connectivity index (χ2n) is 4.70.